The third kappa shape index (κ3) is 3.92. The number of likely N-dealkylation sites (tertiary alicyclic amines) is 1. The number of aliphatic hydroxyl groups is 1. The van der Waals surface area contributed by atoms with E-state index in [4.69, 9.17) is 5.11 Å². The summed E-state index contributed by atoms with van der Waals surface area (Å²) >= 11 is 0. The Bertz CT molecular complexity index is 369. The summed E-state index contributed by atoms with van der Waals surface area (Å²) in [7, 11) is 1.23. The molecule has 1 saturated heterocycles. The number of hydrogen-bond donors (Lipinski definition) is 2. The fourth-order valence-electron chi connectivity index (χ4n) is 2.16. The monoisotopic (exact) mass is 273 g/mol. The number of carbonyl (C=O) groups is 3. The minimum absolute atomic E-state index is 0.0126. The van der Waals surface area contributed by atoms with E-state index in [1.165, 1.54) is 7.11 Å². The Hall–Kier alpha value is -1.63. The molecule has 3 atom stereocenters. The lowest BCUT2D eigenvalue weighted by Gasteiger charge is -2.36. The Kier molecular flexibility index (Phi) is 5.29. The lowest BCUT2D eigenvalue weighted by atomic mass is 9.97. The van der Waals surface area contributed by atoms with Crippen LogP contribution in [0.25, 0.3) is 0 Å². The lowest BCUT2D eigenvalue weighted by molar-refractivity contribution is -0.157. The molecule has 19 heavy (non-hydrogen) atoms. The van der Waals surface area contributed by atoms with E-state index in [9.17, 15) is 19.5 Å². The van der Waals surface area contributed by atoms with Gasteiger partial charge in [-0.2, -0.15) is 0 Å². The number of aliphatic hydroxyl groups excluding tert-OH is 1. The Morgan fingerprint density at radius 3 is 2.53 bits per heavy atom. The molecule has 0 aliphatic carbocycles. The van der Waals surface area contributed by atoms with Gasteiger partial charge in [-0.1, -0.05) is 6.92 Å². The molecule has 1 aliphatic rings. The molecule has 2 N–H and O–H groups in total. The Morgan fingerprint density at radius 1 is 1.37 bits per heavy atom. The van der Waals surface area contributed by atoms with Gasteiger partial charge in [0, 0.05) is 12.5 Å². The van der Waals surface area contributed by atoms with E-state index in [1.807, 2.05) is 0 Å². The Balaban J connectivity index is 2.75. The highest BCUT2D eigenvalue weighted by Crippen LogP contribution is 2.21. The first-order valence-electron chi connectivity index (χ1n) is 6.15. The average molecular weight is 273 g/mol. The van der Waals surface area contributed by atoms with Crippen molar-refractivity contribution in [3.8, 4) is 0 Å². The van der Waals surface area contributed by atoms with Crippen molar-refractivity contribution in [3.05, 3.63) is 0 Å². The van der Waals surface area contributed by atoms with E-state index in [1.54, 1.807) is 6.92 Å². The first kappa shape index (κ1) is 15.4. The predicted molar refractivity (Wildman–Crippen MR) is 64.2 cm³/mol. The molecule has 0 aromatic heterocycles. The van der Waals surface area contributed by atoms with Crippen LogP contribution in [0, 0.1) is 5.92 Å². The molecule has 108 valence electrons. The third-order valence-electron chi connectivity index (χ3n) is 3.25. The number of carboxylic acid groups (broad SMARTS) is 1. The zero-order valence-electron chi connectivity index (χ0n) is 11.0. The predicted octanol–water partition coefficient (Wildman–Crippen LogP) is -0.378. The van der Waals surface area contributed by atoms with Crippen LogP contribution in [0.2, 0.25) is 0 Å². The average Bonchev–Trinajstić information content (AvgIpc) is 2.36. The molecule has 1 amide bonds. The number of nitrogens with zero attached hydrogens (tertiary/aromatic N) is 1. The molecule has 1 aliphatic heterocycles. The SMILES string of the molecule is COC(=O)CC(C)C(=O)N1CC(O)CCC1C(=O)O. The van der Waals surface area contributed by atoms with Crippen molar-refractivity contribution in [1.82, 2.24) is 4.90 Å². The molecule has 1 heterocycles. The van der Waals surface area contributed by atoms with Crippen LogP contribution in [-0.2, 0) is 19.1 Å². The summed E-state index contributed by atoms with van der Waals surface area (Å²) in [5.41, 5.74) is 0. The fourth-order valence-corrected chi connectivity index (χ4v) is 2.16. The number of methoxy groups -OCH3 is 1. The van der Waals surface area contributed by atoms with Gasteiger partial charge >= 0.3 is 11.9 Å². The molecular formula is C12H19NO6. The molecule has 0 radical (unpaired) electrons. The number of aliphatic carboxylic acids is 1. The quantitative estimate of drug-likeness (QED) is 0.677. The fraction of sp³-hybridized carbons (Fsp3) is 0.750. The number of esters is 1. The number of hydrogen-bond acceptors (Lipinski definition) is 5. The molecule has 0 aromatic rings. The van der Waals surface area contributed by atoms with Crippen molar-refractivity contribution < 1.29 is 29.3 Å². The van der Waals surface area contributed by atoms with Gasteiger partial charge in [0.25, 0.3) is 0 Å². The maximum absolute atomic E-state index is 12.2. The Labute approximate surface area is 111 Å². The minimum atomic E-state index is -1.09. The van der Waals surface area contributed by atoms with E-state index in [2.05, 4.69) is 4.74 Å². The number of piperidine rings is 1. The van der Waals surface area contributed by atoms with Gasteiger partial charge in [0.05, 0.1) is 19.6 Å². The first-order valence-corrected chi connectivity index (χ1v) is 6.15. The van der Waals surface area contributed by atoms with Gasteiger partial charge in [-0.15, -0.1) is 0 Å². The largest absolute Gasteiger partial charge is 0.480 e. The van der Waals surface area contributed by atoms with Crippen LogP contribution < -0.4 is 0 Å². The molecular weight excluding hydrogens is 254 g/mol. The van der Waals surface area contributed by atoms with Crippen molar-refractivity contribution in [2.24, 2.45) is 5.92 Å². The number of ether oxygens (including phenoxy) is 1. The van der Waals surface area contributed by atoms with Crippen LogP contribution in [0.5, 0.6) is 0 Å². The molecule has 0 spiro atoms. The summed E-state index contributed by atoms with van der Waals surface area (Å²) in [4.78, 5) is 35.5. The van der Waals surface area contributed by atoms with Gasteiger partial charge in [-0.3, -0.25) is 9.59 Å². The number of carbonyl (C=O) groups excluding carboxylic acids is 2. The van der Waals surface area contributed by atoms with Crippen molar-refractivity contribution >= 4 is 17.8 Å². The van der Waals surface area contributed by atoms with Gasteiger partial charge in [0.15, 0.2) is 0 Å². The summed E-state index contributed by atoms with van der Waals surface area (Å²) in [5.74, 6) is -2.73. The number of amides is 1. The van der Waals surface area contributed by atoms with Gasteiger partial charge in [0.2, 0.25) is 5.91 Å². The van der Waals surface area contributed by atoms with Crippen molar-refractivity contribution in [2.45, 2.75) is 38.3 Å². The maximum Gasteiger partial charge on any atom is 0.326 e. The second-order valence-electron chi connectivity index (χ2n) is 4.76. The maximum atomic E-state index is 12.2. The number of rotatable bonds is 4. The molecule has 7 nitrogen and oxygen atoms in total. The van der Waals surface area contributed by atoms with Crippen molar-refractivity contribution in [3.63, 3.8) is 0 Å². The van der Waals surface area contributed by atoms with Crippen LogP contribution in [0.15, 0.2) is 0 Å². The van der Waals surface area contributed by atoms with Crippen LogP contribution >= 0.6 is 0 Å². The molecule has 0 saturated carbocycles. The standard InChI is InChI=1S/C12H19NO6/c1-7(5-10(15)19-2)11(16)13-6-8(14)3-4-9(13)12(17)18/h7-9,14H,3-6H2,1-2H3,(H,17,18). The van der Waals surface area contributed by atoms with E-state index in [0.29, 0.717) is 6.42 Å². The normalized spacial score (nSPS) is 24.7. The molecule has 7 heteroatoms. The molecule has 0 bridgehead atoms. The van der Waals surface area contributed by atoms with Crippen molar-refractivity contribution in [1.29, 1.82) is 0 Å². The van der Waals surface area contributed by atoms with Gasteiger partial charge < -0.3 is 19.8 Å². The highest BCUT2D eigenvalue weighted by molar-refractivity contribution is 5.87. The highest BCUT2D eigenvalue weighted by Gasteiger charge is 2.37. The smallest absolute Gasteiger partial charge is 0.326 e. The van der Waals surface area contributed by atoms with Crippen LogP contribution in [0.3, 0.4) is 0 Å². The molecule has 1 rings (SSSR count). The number of β-amino-alcohol motifs (C(OH)–C–C–N with tert-alkyl or cyclic N) is 1. The summed E-state index contributed by atoms with van der Waals surface area (Å²) in [6, 6.07) is -0.934. The number of carboxylic acids is 1. The minimum Gasteiger partial charge on any atom is -0.480 e. The van der Waals surface area contributed by atoms with Gasteiger partial charge in [0.1, 0.15) is 6.04 Å². The topological polar surface area (TPSA) is 104 Å². The van der Waals surface area contributed by atoms with Crippen molar-refractivity contribution in [2.75, 3.05) is 13.7 Å². The molecule has 3 unspecified atom stereocenters. The zero-order valence-corrected chi connectivity index (χ0v) is 11.0. The van der Waals surface area contributed by atoms with E-state index in [0.717, 1.165) is 4.90 Å². The Morgan fingerprint density at radius 2 is 2.00 bits per heavy atom. The second-order valence-corrected chi connectivity index (χ2v) is 4.76. The van der Waals surface area contributed by atoms with Crippen LogP contribution in [0.1, 0.15) is 26.2 Å². The molecule has 0 aromatic carbocycles. The van der Waals surface area contributed by atoms with E-state index >= 15 is 0 Å². The van der Waals surface area contributed by atoms with E-state index in [-0.39, 0.29) is 19.4 Å². The zero-order chi connectivity index (χ0) is 14.6. The summed E-state index contributed by atoms with van der Waals surface area (Å²) in [6.45, 7) is 1.53. The summed E-state index contributed by atoms with van der Waals surface area (Å²) < 4.78 is 4.48. The third-order valence-corrected chi connectivity index (χ3v) is 3.25. The first-order chi connectivity index (χ1) is 8.86. The molecule has 1 fully saturated rings. The van der Waals surface area contributed by atoms with Gasteiger partial charge in [-0.25, -0.2) is 4.79 Å². The lowest BCUT2D eigenvalue weighted by Crippen LogP contribution is -2.53. The summed E-state index contributed by atoms with van der Waals surface area (Å²) in [5, 5.41) is 18.6. The van der Waals surface area contributed by atoms with Crippen LogP contribution in [-0.4, -0.2) is 58.8 Å². The van der Waals surface area contributed by atoms with Gasteiger partial charge in [-0.05, 0) is 12.8 Å². The highest BCUT2D eigenvalue weighted by atomic mass is 16.5. The summed E-state index contributed by atoms with van der Waals surface area (Å²) in [6.07, 6.45) is -0.252. The van der Waals surface area contributed by atoms with E-state index < -0.39 is 35.9 Å². The van der Waals surface area contributed by atoms with Crippen LogP contribution in [0.4, 0.5) is 0 Å². The second kappa shape index (κ2) is 6.51.